The summed E-state index contributed by atoms with van der Waals surface area (Å²) in [5.74, 6) is 0.708. The molecular formula is C55H37N5. The molecule has 0 bridgehead atoms. The van der Waals surface area contributed by atoms with E-state index in [1.165, 1.54) is 0 Å². The van der Waals surface area contributed by atoms with Crippen molar-refractivity contribution < 1.29 is 0 Å². The Hall–Kier alpha value is -8.15. The van der Waals surface area contributed by atoms with Gasteiger partial charge >= 0.3 is 0 Å². The van der Waals surface area contributed by atoms with Gasteiger partial charge in [0.15, 0.2) is 5.82 Å². The van der Waals surface area contributed by atoms with Gasteiger partial charge in [0.25, 0.3) is 0 Å². The third-order valence-electron chi connectivity index (χ3n) is 11.2. The number of nitrogens with zero attached hydrogens (tertiary/aromatic N) is 5. The van der Waals surface area contributed by atoms with Crippen LogP contribution in [0.3, 0.4) is 0 Å². The highest BCUT2D eigenvalue weighted by Crippen LogP contribution is 2.40. The highest BCUT2D eigenvalue weighted by molar-refractivity contribution is 6.09. The van der Waals surface area contributed by atoms with Crippen LogP contribution in [0.4, 0.5) is 17.1 Å². The van der Waals surface area contributed by atoms with Crippen LogP contribution in [-0.2, 0) is 0 Å². The normalized spacial score (nSPS) is 11.3. The van der Waals surface area contributed by atoms with Gasteiger partial charge < -0.3 is 4.90 Å². The van der Waals surface area contributed by atoms with Gasteiger partial charge in [-0.3, -0.25) is 4.40 Å². The van der Waals surface area contributed by atoms with Gasteiger partial charge in [0, 0.05) is 56.3 Å². The van der Waals surface area contributed by atoms with E-state index >= 15 is 0 Å². The summed E-state index contributed by atoms with van der Waals surface area (Å²) in [7, 11) is 0. The van der Waals surface area contributed by atoms with Gasteiger partial charge in [0.1, 0.15) is 5.65 Å². The lowest BCUT2D eigenvalue weighted by Gasteiger charge is -2.26. The Kier molecular flexibility index (Phi) is 8.75. The number of fused-ring (bicyclic) bond motifs is 4. The Balaban J connectivity index is 0.951. The smallest absolute Gasteiger partial charge is 0.160 e. The average molecular weight is 768 g/mol. The van der Waals surface area contributed by atoms with Crippen molar-refractivity contribution in [3.63, 3.8) is 0 Å². The molecular weight excluding hydrogens is 731 g/mol. The molecule has 0 radical (unpaired) electrons. The first kappa shape index (κ1) is 35.0. The van der Waals surface area contributed by atoms with E-state index in [0.717, 1.165) is 94.8 Å². The molecule has 282 valence electrons. The van der Waals surface area contributed by atoms with E-state index in [4.69, 9.17) is 15.0 Å². The third kappa shape index (κ3) is 6.35. The lowest BCUT2D eigenvalue weighted by molar-refractivity contribution is 1.19. The van der Waals surface area contributed by atoms with Crippen LogP contribution in [-0.4, -0.2) is 19.4 Å². The summed E-state index contributed by atoms with van der Waals surface area (Å²) in [6.07, 6.45) is 2.09. The van der Waals surface area contributed by atoms with Crippen LogP contribution in [0.5, 0.6) is 0 Å². The van der Waals surface area contributed by atoms with Crippen molar-refractivity contribution in [1.82, 2.24) is 19.4 Å². The Morgan fingerprint density at radius 3 is 1.68 bits per heavy atom. The summed E-state index contributed by atoms with van der Waals surface area (Å²) in [6, 6.07) is 76.4. The van der Waals surface area contributed by atoms with E-state index in [9.17, 15) is 0 Å². The maximum absolute atomic E-state index is 5.19. The van der Waals surface area contributed by atoms with E-state index in [1.54, 1.807) is 0 Å². The Labute approximate surface area is 348 Å². The molecule has 3 heterocycles. The van der Waals surface area contributed by atoms with Gasteiger partial charge in [-0.2, -0.15) is 0 Å². The molecule has 0 fully saturated rings. The summed E-state index contributed by atoms with van der Waals surface area (Å²) in [6.45, 7) is 0. The van der Waals surface area contributed by atoms with Gasteiger partial charge in [0.05, 0.1) is 22.6 Å². The molecule has 5 heteroatoms. The predicted molar refractivity (Wildman–Crippen MR) is 248 cm³/mol. The second-order valence-corrected chi connectivity index (χ2v) is 14.9. The zero-order valence-electron chi connectivity index (χ0n) is 32.6. The number of hydrogen-bond donors (Lipinski definition) is 0. The van der Waals surface area contributed by atoms with Crippen molar-refractivity contribution in [2.45, 2.75) is 0 Å². The predicted octanol–water partition coefficient (Wildman–Crippen LogP) is 14.2. The van der Waals surface area contributed by atoms with Crippen molar-refractivity contribution in [3.8, 4) is 56.3 Å². The average Bonchev–Trinajstić information content (AvgIpc) is 3.72. The fourth-order valence-electron chi connectivity index (χ4n) is 8.31. The largest absolute Gasteiger partial charge is 0.310 e. The second kappa shape index (κ2) is 15.0. The van der Waals surface area contributed by atoms with E-state index in [-0.39, 0.29) is 0 Å². The van der Waals surface area contributed by atoms with Crippen LogP contribution in [0, 0.1) is 0 Å². The zero-order chi connectivity index (χ0) is 39.8. The molecule has 0 aliphatic rings. The molecule has 0 spiro atoms. The molecule has 0 aliphatic carbocycles. The summed E-state index contributed by atoms with van der Waals surface area (Å²) in [5.41, 5.74) is 14.5. The van der Waals surface area contributed by atoms with Crippen molar-refractivity contribution in [2.75, 3.05) is 4.90 Å². The molecule has 3 aromatic heterocycles. The molecule has 11 rings (SSSR count). The Bertz CT molecular complexity index is 3290. The van der Waals surface area contributed by atoms with Gasteiger partial charge in [0.2, 0.25) is 0 Å². The first-order valence-electron chi connectivity index (χ1n) is 20.2. The number of anilines is 3. The summed E-state index contributed by atoms with van der Waals surface area (Å²) in [4.78, 5) is 17.8. The molecule has 0 saturated heterocycles. The molecule has 8 aromatic carbocycles. The van der Waals surface area contributed by atoms with Crippen molar-refractivity contribution in [3.05, 3.63) is 225 Å². The molecule has 60 heavy (non-hydrogen) atoms. The Morgan fingerprint density at radius 1 is 0.350 bits per heavy atom. The minimum absolute atomic E-state index is 0.708. The fraction of sp³-hybridized carbons (Fsp3) is 0. The van der Waals surface area contributed by atoms with Crippen LogP contribution in [0.1, 0.15) is 0 Å². The molecule has 0 N–H and O–H groups in total. The molecule has 0 unspecified atom stereocenters. The fourth-order valence-corrected chi connectivity index (χ4v) is 8.31. The zero-order valence-corrected chi connectivity index (χ0v) is 32.6. The van der Waals surface area contributed by atoms with Crippen LogP contribution < -0.4 is 4.90 Å². The number of imidazole rings is 1. The van der Waals surface area contributed by atoms with E-state index < -0.39 is 0 Å². The first-order chi connectivity index (χ1) is 29.7. The van der Waals surface area contributed by atoms with Crippen LogP contribution in [0.2, 0.25) is 0 Å². The molecule has 0 saturated carbocycles. The van der Waals surface area contributed by atoms with E-state index in [2.05, 4.69) is 216 Å². The maximum atomic E-state index is 5.19. The lowest BCUT2D eigenvalue weighted by Crippen LogP contribution is -2.10. The second-order valence-electron chi connectivity index (χ2n) is 14.9. The highest BCUT2D eigenvalue weighted by Gasteiger charge is 2.19. The van der Waals surface area contributed by atoms with E-state index in [0.29, 0.717) is 5.82 Å². The number of pyridine rings is 1. The van der Waals surface area contributed by atoms with Crippen molar-refractivity contribution >= 4 is 44.4 Å². The molecule has 0 aliphatic heterocycles. The lowest BCUT2D eigenvalue weighted by atomic mass is 10.0. The minimum Gasteiger partial charge on any atom is -0.310 e. The van der Waals surface area contributed by atoms with Gasteiger partial charge in [-0.05, 0) is 71.1 Å². The summed E-state index contributed by atoms with van der Waals surface area (Å²) < 4.78 is 2.19. The van der Waals surface area contributed by atoms with Gasteiger partial charge in [-0.15, -0.1) is 0 Å². The topological polar surface area (TPSA) is 46.3 Å². The summed E-state index contributed by atoms with van der Waals surface area (Å²) >= 11 is 0. The molecule has 0 atom stereocenters. The monoisotopic (exact) mass is 767 g/mol. The molecule has 0 amide bonds. The highest BCUT2D eigenvalue weighted by atomic mass is 15.1. The number of para-hydroxylation sites is 1. The van der Waals surface area contributed by atoms with Crippen molar-refractivity contribution in [2.24, 2.45) is 0 Å². The van der Waals surface area contributed by atoms with Crippen LogP contribution in [0.15, 0.2) is 225 Å². The third-order valence-corrected chi connectivity index (χ3v) is 11.2. The van der Waals surface area contributed by atoms with Crippen LogP contribution in [0.25, 0.3) is 83.6 Å². The quantitative estimate of drug-likeness (QED) is 0.144. The number of aromatic nitrogens is 4. The standard InChI is InChI=1S/C55H37N5/c1-4-16-41(17-5-1)51-49-35-32-40-15-10-11-24-48(40)53(49)58-55(57-51)43-28-26-38(27-29-43)39-30-33-46(34-31-39)60(45-21-8-3-9-22-45)47-23-14-20-44(37-47)54-52(42-18-6-2-7-19-42)56-50-25-12-13-36-59(50)54/h1-37H. The number of hydrogen-bond acceptors (Lipinski definition) is 4. The molecule has 11 aromatic rings. The number of rotatable bonds is 8. The van der Waals surface area contributed by atoms with E-state index in [1.807, 2.05) is 18.2 Å². The van der Waals surface area contributed by atoms with Gasteiger partial charge in [-0.1, -0.05) is 164 Å². The summed E-state index contributed by atoms with van der Waals surface area (Å²) in [5, 5.41) is 3.33. The van der Waals surface area contributed by atoms with Crippen LogP contribution >= 0.6 is 0 Å². The van der Waals surface area contributed by atoms with Gasteiger partial charge in [-0.25, -0.2) is 15.0 Å². The number of benzene rings is 8. The first-order valence-corrected chi connectivity index (χ1v) is 20.2. The minimum atomic E-state index is 0.708. The SMILES string of the molecule is c1ccc(-c2nc3ccccn3c2-c2cccc(N(c3ccccc3)c3ccc(-c4ccc(-c5nc(-c6ccccc6)c6ccc7ccccc7c6n5)cc4)cc3)c2)cc1. The Morgan fingerprint density at radius 2 is 0.933 bits per heavy atom. The maximum Gasteiger partial charge on any atom is 0.160 e. The molecule has 5 nitrogen and oxygen atoms in total. The van der Waals surface area contributed by atoms with Crippen molar-refractivity contribution in [1.29, 1.82) is 0 Å².